The lowest BCUT2D eigenvalue weighted by atomic mass is 9.98. The van der Waals surface area contributed by atoms with Gasteiger partial charge in [-0.15, -0.1) is 0 Å². The van der Waals surface area contributed by atoms with E-state index in [1.807, 2.05) is 30.3 Å². The average molecular weight is 359 g/mol. The van der Waals surface area contributed by atoms with Crippen molar-refractivity contribution in [3.8, 4) is 11.5 Å². The summed E-state index contributed by atoms with van der Waals surface area (Å²) in [6, 6.07) is 9.88. The fraction of sp³-hybridized carbons (Fsp3) is 0.565. The van der Waals surface area contributed by atoms with E-state index in [0.29, 0.717) is 0 Å². The van der Waals surface area contributed by atoms with Crippen molar-refractivity contribution in [2.45, 2.75) is 70.8 Å². The van der Waals surface area contributed by atoms with Crippen molar-refractivity contribution in [2.75, 3.05) is 14.2 Å². The summed E-state index contributed by atoms with van der Waals surface area (Å²) in [6.07, 6.45) is 10.6. The van der Waals surface area contributed by atoms with Crippen LogP contribution in [0.1, 0.15) is 76.4 Å². The number of unbranched alkanes of at least 4 members (excludes halogenated alkanes) is 7. The number of methoxy groups -OCH3 is 2. The van der Waals surface area contributed by atoms with Crippen molar-refractivity contribution >= 4 is 10.8 Å². The van der Waals surface area contributed by atoms with Crippen molar-refractivity contribution in [1.29, 1.82) is 0 Å². The van der Waals surface area contributed by atoms with Crippen molar-refractivity contribution in [3.63, 3.8) is 0 Å². The monoisotopic (exact) mass is 358 g/mol. The van der Waals surface area contributed by atoms with Crippen molar-refractivity contribution in [1.82, 2.24) is 0 Å². The first-order chi connectivity index (χ1) is 12.7. The molecule has 1 N–H and O–H groups in total. The number of hydrogen-bond acceptors (Lipinski definition) is 3. The summed E-state index contributed by atoms with van der Waals surface area (Å²) in [4.78, 5) is 0. The van der Waals surface area contributed by atoms with Crippen molar-refractivity contribution in [2.24, 2.45) is 0 Å². The third-order valence-corrected chi connectivity index (χ3v) is 5.12. The van der Waals surface area contributed by atoms with E-state index in [9.17, 15) is 5.11 Å². The minimum atomic E-state index is -0.421. The topological polar surface area (TPSA) is 38.7 Å². The first-order valence-electron chi connectivity index (χ1n) is 10.0. The Bertz CT molecular complexity index is 666. The van der Waals surface area contributed by atoms with Gasteiger partial charge in [0.05, 0.1) is 20.3 Å². The fourth-order valence-corrected chi connectivity index (χ4v) is 3.51. The van der Waals surface area contributed by atoms with E-state index >= 15 is 0 Å². The van der Waals surface area contributed by atoms with Crippen LogP contribution < -0.4 is 9.47 Å². The van der Waals surface area contributed by atoms with Gasteiger partial charge in [0.1, 0.15) is 11.5 Å². The number of aliphatic hydroxyl groups is 1. The van der Waals surface area contributed by atoms with Crippen LogP contribution in [0, 0.1) is 0 Å². The Kier molecular flexibility index (Phi) is 8.76. The van der Waals surface area contributed by atoms with Gasteiger partial charge in [-0.25, -0.2) is 0 Å². The Morgan fingerprint density at radius 2 is 1.35 bits per heavy atom. The van der Waals surface area contributed by atoms with Crippen LogP contribution in [0.5, 0.6) is 11.5 Å². The molecule has 0 aromatic heterocycles. The highest BCUT2D eigenvalue weighted by molar-refractivity contribution is 5.93. The Morgan fingerprint density at radius 3 is 1.96 bits per heavy atom. The molecule has 3 heteroatoms. The van der Waals surface area contributed by atoms with E-state index in [0.717, 1.165) is 40.7 Å². The zero-order chi connectivity index (χ0) is 18.8. The molecule has 0 spiro atoms. The predicted molar refractivity (Wildman–Crippen MR) is 109 cm³/mol. The number of fused-ring (bicyclic) bond motifs is 1. The minimum absolute atomic E-state index is 0.421. The SMILES string of the molecule is CCCCCCCCCCC(O)c1ccc2c(OC)ccc(OC)c2c1. The quantitative estimate of drug-likeness (QED) is 0.445. The van der Waals surface area contributed by atoms with E-state index in [4.69, 9.17) is 9.47 Å². The number of aliphatic hydroxyl groups excluding tert-OH is 1. The molecular formula is C23H34O3. The largest absolute Gasteiger partial charge is 0.496 e. The molecule has 2 aromatic carbocycles. The number of benzene rings is 2. The summed E-state index contributed by atoms with van der Waals surface area (Å²) >= 11 is 0. The molecular weight excluding hydrogens is 324 g/mol. The van der Waals surface area contributed by atoms with Crippen LogP contribution in [0.25, 0.3) is 10.8 Å². The van der Waals surface area contributed by atoms with Crippen LogP contribution in [0.3, 0.4) is 0 Å². The Hall–Kier alpha value is -1.74. The third-order valence-electron chi connectivity index (χ3n) is 5.12. The molecule has 2 rings (SSSR count). The summed E-state index contributed by atoms with van der Waals surface area (Å²) in [5.41, 5.74) is 0.951. The molecule has 0 aliphatic heterocycles. The summed E-state index contributed by atoms with van der Waals surface area (Å²) in [5.74, 6) is 1.63. The van der Waals surface area contributed by atoms with Crippen LogP contribution in [-0.2, 0) is 0 Å². The maximum atomic E-state index is 10.6. The number of hydrogen-bond donors (Lipinski definition) is 1. The first-order valence-corrected chi connectivity index (χ1v) is 10.0. The van der Waals surface area contributed by atoms with E-state index in [1.54, 1.807) is 14.2 Å². The molecule has 2 aromatic rings. The third kappa shape index (κ3) is 5.63. The molecule has 1 atom stereocenters. The van der Waals surface area contributed by atoms with Gasteiger partial charge >= 0.3 is 0 Å². The highest BCUT2D eigenvalue weighted by Gasteiger charge is 2.12. The molecule has 0 heterocycles. The van der Waals surface area contributed by atoms with E-state index in [2.05, 4.69) is 6.92 Å². The van der Waals surface area contributed by atoms with E-state index < -0.39 is 6.10 Å². The predicted octanol–water partition coefficient (Wildman–Crippen LogP) is 6.42. The van der Waals surface area contributed by atoms with Crippen LogP contribution >= 0.6 is 0 Å². The molecule has 144 valence electrons. The molecule has 1 unspecified atom stereocenters. The second-order valence-electron chi connectivity index (χ2n) is 7.05. The van der Waals surface area contributed by atoms with E-state index in [-0.39, 0.29) is 0 Å². The molecule has 0 aliphatic carbocycles. The minimum Gasteiger partial charge on any atom is -0.496 e. The van der Waals surface area contributed by atoms with Gasteiger partial charge in [-0.3, -0.25) is 0 Å². The molecule has 0 amide bonds. The molecule has 0 saturated carbocycles. The summed E-state index contributed by atoms with van der Waals surface area (Å²) in [6.45, 7) is 2.25. The van der Waals surface area contributed by atoms with Gasteiger partial charge in [-0.05, 0) is 30.2 Å². The Balaban J connectivity index is 1.90. The summed E-state index contributed by atoms with van der Waals surface area (Å²) in [5, 5.41) is 12.6. The number of rotatable bonds is 12. The zero-order valence-corrected chi connectivity index (χ0v) is 16.6. The molecule has 0 saturated heterocycles. The highest BCUT2D eigenvalue weighted by Crippen LogP contribution is 2.35. The first kappa shape index (κ1) is 20.6. The van der Waals surface area contributed by atoms with Crippen LogP contribution in [-0.4, -0.2) is 19.3 Å². The van der Waals surface area contributed by atoms with Crippen LogP contribution in [0.2, 0.25) is 0 Å². The second kappa shape index (κ2) is 11.1. The van der Waals surface area contributed by atoms with Gasteiger partial charge in [-0.2, -0.15) is 0 Å². The normalized spacial score (nSPS) is 12.3. The fourth-order valence-electron chi connectivity index (χ4n) is 3.51. The van der Waals surface area contributed by atoms with Gasteiger partial charge in [0.15, 0.2) is 0 Å². The molecule has 0 fully saturated rings. The van der Waals surface area contributed by atoms with Gasteiger partial charge in [0, 0.05) is 10.8 Å². The van der Waals surface area contributed by atoms with Crippen LogP contribution in [0.4, 0.5) is 0 Å². The second-order valence-corrected chi connectivity index (χ2v) is 7.05. The maximum absolute atomic E-state index is 10.6. The van der Waals surface area contributed by atoms with Crippen molar-refractivity contribution in [3.05, 3.63) is 35.9 Å². The lowest BCUT2D eigenvalue weighted by molar-refractivity contribution is 0.163. The smallest absolute Gasteiger partial charge is 0.126 e. The molecule has 26 heavy (non-hydrogen) atoms. The molecule has 3 nitrogen and oxygen atoms in total. The lowest BCUT2D eigenvalue weighted by Crippen LogP contribution is -1.98. The lowest BCUT2D eigenvalue weighted by Gasteiger charge is -2.15. The van der Waals surface area contributed by atoms with Crippen molar-refractivity contribution < 1.29 is 14.6 Å². The maximum Gasteiger partial charge on any atom is 0.126 e. The molecule has 0 radical (unpaired) electrons. The highest BCUT2D eigenvalue weighted by atomic mass is 16.5. The standard InChI is InChI=1S/C23H34O3/c1-4-5-6-7-8-9-10-11-12-21(24)18-13-14-19-20(17-18)23(26-3)16-15-22(19)25-2/h13-17,21,24H,4-12H2,1-3H3. The van der Waals surface area contributed by atoms with Gasteiger partial charge in [0.2, 0.25) is 0 Å². The van der Waals surface area contributed by atoms with Gasteiger partial charge in [0.25, 0.3) is 0 Å². The Morgan fingerprint density at radius 1 is 0.769 bits per heavy atom. The summed E-state index contributed by atoms with van der Waals surface area (Å²) in [7, 11) is 3.34. The van der Waals surface area contributed by atoms with Gasteiger partial charge in [-0.1, -0.05) is 70.4 Å². The van der Waals surface area contributed by atoms with Crippen LogP contribution in [0.15, 0.2) is 30.3 Å². The Labute approximate surface area is 158 Å². The molecule has 0 bridgehead atoms. The number of ether oxygens (including phenoxy) is 2. The van der Waals surface area contributed by atoms with Gasteiger partial charge < -0.3 is 14.6 Å². The van der Waals surface area contributed by atoms with E-state index in [1.165, 1.54) is 44.9 Å². The molecule has 0 aliphatic rings. The average Bonchev–Trinajstić information content (AvgIpc) is 2.68. The summed E-state index contributed by atoms with van der Waals surface area (Å²) < 4.78 is 10.9. The zero-order valence-electron chi connectivity index (χ0n) is 16.6.